The summed E-state index contributed by atoms with van der Waals surface area (Å²) in [6.07, 6.45) is -5.28. The number of alkyl halides is 2. The highest BCUT2D eigenvalue weighted by Crippen LogP contribution is 2.40. The lowest BCUT2D eigenvalue weighted by Gasteiger charge is -2.21. The number of carbonyl (C=O) groups is 5. The lowest BCUT2D eigenvalue weighted by molar-refractivity contribution is -0.145. The normalized spacial score (nSPS) is 23.3. The molecule has 312 valence electrons. The van der Waals surface area contributed by atoms with Gasteiger partial charge in [-0.1, -0.05) is 77.7 Å². The van der Waals surface area contributed by atoms with Gasteiger partial charge < -0.3 is 23.7 Å². The van der Waals surface area contributed by atoms with Crippen LogP contribution in [0.4, 0.5) is 8.78 Å². The summed E-state index contributed by atoms with van der Waals surface area (Å²) in [6, 6.07) is 27.4. The molecule has 8 atom stereocenters. The molecule has 0 unspecified atom stereocenters. The monoisotopic (exact) mass is 848 g/mol. The number of esters is 5. The molecule has 0 N–H and O–H groups in total. The molecule has 0 amide bonds. The molecule has 2 saturated heterocycles. The Bertz CT molecular complexity index is 2080. The van der Waals surface area contributed by atoms with Crippen LogP contribution in [0, 0.1) is 27.7 Å². The number of hydrogen-bond donors (Lipinski definition) is 0. The number of hydrogen-bond acceptors (Lipinski definition) is 12. The first kappa shape index (κ1) is 44.9. The van der Waals surface area contributed by atoms with Gasteiger partial charge in [0.1, 0.15) is 25.5 Å². The van der Waals surface area contributed by atoms with E-state index in [1.807, 2.05) is 39.8 Å². The minimum absolute atomic E-state index is 0.0199. The molecule has 0 bridgehead atoms. The number of rotatable bonds is 11. The summed E-state index contributed by atoms with van der Waals surface area (Å²) in [5, 5.41) is -1.53. The minimum atomic E-state index is -1.76. The lowest BCUT2D eigenvalue weighted by Crippen LogP contribution is -2.37. The van der Waals surface area contributed by atoms with Crippen LogP contribution in [0.1, 0.15) is 77.5 Å². The van der Waals surface area contributed by atoms with Crippen molar-refractivity contribution < 1.29 is 56.4 Å². The van der Waals surface area contributed by atoms with Crippen molar-refractivity contribution in [2.45, 2.75) is 87.3 Å². The lowest BCUT2D eigenvalue weighted by atomic mass is 10.1. The van der Waals surface area contributed by atoms with Gasteiger partial charge in [-0.15, -0.1) is 23.5 Å². The van der Waals surface area contributed by atoms with Crippen LogP contribution in [0.3, 0.4) is 0 Å². The molecule has 2 fully saturated rings. The summed E-state index contributed by atoms with van der Waals surface area (Å²) in [5.41, 5.74) is 4.30. The quantitative estimate of drug-likeness (QED) is 0.106. The van der Waals surface area contributed by atoms with Crippen LogP contribution in [0.15, 0.2) is 97.1 Å². The molecule has 0 saturated carbocycles. The Morgan fingerprint density at radius 2 is 0.814 bits per heavy atom. The Hall–Kier alpha value is -5.21. The molecule has 10 nitrogen and oxygen atoms in total. The van der Waals surface area contributed by atoms with E-state index < -0.39 is 70.3 Å². The van der Waals surface area contributed by atoms with Crippen molar-refractivity contribution in [2.75, 3.05) is 13.2 Å². The first-order valence-electron chi connectivity index (χ1n) is 18.9. The Kier molecular flexibility index (Phi) is 15.7. The molecule has 4 aromatic rings. The predicted octanol–water partition coefficient (Wildman–Crippen LogP) is 8.56. The third-order valence-electron chi connectivity index (χ3n) is 9.44. The van der Waals surface area contributed by atoms with E-state index in [0.29, 0.717) is 16.7 Å². The number of halogens is 2. The van der Waals surface area contributed by atoms with E-state index in [1.54, 1.807) is 91.9 Å². The van der Waals surface area contributed by atoms with Gasteiger partial charge in [-0.3, -0.25) is 4.79 Å². The van der Waals surface area contributed by atoms with E-state index >= 15 is 0 Å². The fourth-order valence-corrected chi connectivity index (χ4v) is 8.73. The van der Waals surface area contributed by atoms with Crippen LogP contribution in [0.25, 0.3) is 0 Å². The van der Waals surface area contributed by atoms with Gasteiger partial charge in [0.15, 0.2) is 17.7 Å². The minimum Gasteiger partial charge on any atom is -0.461 e. The molecular formula is C45H46F2O10S2. The first-order chi connectivity index (χ1) is 28.1. The van der Waals surface area contributed by atoms with Gasteiger partial charge in [-0.05, 0) is 76.2 Å². The Morgan fingerprint density at radius 3 is 1.17 bits per heavy atom. The van der Waals surface area contributed by atoms with Gasteiger partial charge in [0, 0.05) is 12.2 Å². The van der Waals surface area contributed by atoms with E-state index in [2.05, 4.69) is 0 Å². The van der Waals surface area contributed by atoms with Gasteiger partial charge in [-0.25, -0.2) is 28.0 Å². The zero-order chi connectivity index (χ0) is 42.8. The maximum absolute atomic E-state index is 15.0. The highest BCUT2D eigenvalue weighted by molar-refractivity contribution is 8.01. The largest absolute Gasteiger partial charge is 0.461 e. The predicted molar refractivity (Wildman–Crippen MR) is 221 cm³/mol. The van der Waals surface area contributed by atoms with Crippen LogP contribution in [0.5, 0.6) is 0 Å². The van der Waals surface area contributed by atoms with Gasteiger partial charge in [0.25, 0.3) is 0 Å². The van der Waals surface area contributed by atoms with Gasteiger partial charge in [-0.2, -0.15) is 0 Å². The number of ether oxygens (including phenoxy) is 5. The van der Waals surface area contributed by atoms with Crippen LogP contribution < -0.4 is 0 Å². The highest BCUT2D eigenvalue weighted by Gasteiger charge is 2.50. The fourth-order valence-electron chi connectivity index (χ4n) is 6.02. The molecule has 4 aromatic carbocycles. The Balaban J connectivity index is 0.000000225. The molecule has 0 aromatic heterocycles. The highest BCUT2D eigenvalue weighted by atomic mass is 32.2. The van der Waals surface area contributed by atoms with Crippen molar-refractivity contribution in [1.29, 1.82) is 0 Å². The second-order valence-corrected chi connectivity index (χ2v) is 17.3. The molecule has 0 spiro atoms. The standard InChI is InChI=1S/C23H23FO6S.C22H23FO4S/c1-13-4-8-16(9-5-13)21(26)28-12-18-20(19(24)23(31-18)29-15(3)25)30-22(27)17-10-6-14(2)7-11-17;1-13-4-8-16(9-5-13)21(24)26-12-18-20(19(23)15(3)28-18)27-22(25)17-10-6-14(2)7-11-17/h4-11,18-20,23H,12H2,1-3H3;4-11,15,18-20H,12H2,1-3H3/t18-,19+,20-,23-;15-,18-,19-,20-/m11/s1. The maximum atomic E-state index is 15.0. The third kappa shape index (κ3) is 12.4. The van der Waals surface area contributed by atoms with Gasteiger partial charge in [0.05, 0.1) is 32.8 Å². The first-order valence-corrected chi connectivity index (χ1v) is 20.8. The fraction of sp³-hybridized carbons (Fsp3) is 0.356. The zero-order valence-electron chi connectivity index (χ0n) is 33.4. The van der Waals surface area contributed by atoms with Crippen molar-refractivity contribution in [3.8, 4) is 0 Å². The van der Waals surface area contributed by atoms with Crippen LogP contribution >= 0.6 is 23.5 Å². The second kappa shape index (κ2) is 20.7. The average Bonchev–Trinajstić information content (AvgIpc) is 3.65. The van der Waals surface area contributed by atoms with Crippen LogP contribution in [0.2, 0.25) is 0 Å². The summed E-state index contributed by atoms with van der Waals surface area (Å²) < 4.78 is 56.2. The van der Waals surface area contributed by atoms with Crippen molar-refractivity contribution in [2.24, 2.45) is 0 Å². The molecule has 14 heteroatoms. The topological polar surface area (TPSA) is 132 Å². The van der Waals surface area contributed by atoms with Crippen LogP contribution in [-0.2, 0) is 28.5 Å². The number of aryl methyl sites for hydroxylation is 4. The number of benzene rings is 4. The zero-order valence-corrected chi connectivity index (χ0v) is 35.1. The molecular weight excluding hydrogens is 803 g/mol. The maximum Gasteiger partial charge on any atom is 0.338 e. The summed E-state index contributed by atoms with van der Waals surface area (Å²) in [6.45, 7) is 10.3. The smallest absolute Gasteiger partial charge is 0.338 e. The Morgan fingerprint density at radius 1 is 0.492 bits per heavy atom. The average molecular weight is 849 g/mol. The summed E-state index contributed by atoms with van der Waals surface area (Å²) >= 11 is 2.29. The molecule has 0 aliphatic carbocycles. The summed E-state index contributed by atoms with van der Waals surface area (Å²) in [4.78, 5) is 60.8. The van der Waals surface area contributed by atoms with E-state index in [4.69, 9.17) is 23.7 Å². The number of thioether (sulfide) groups is 2. The van der Waals surface area contributed by atoms with Gasteiger partial charge in [0.2, 0.25) is 0 Å². The van der Waals surface area contributed by atoms with Crippen molar-refractivity contribution in [3.63, 3.8) is 0 Å². The SMILES string of the molecule is CC(=O)O[C@@H]1S[C@H](COC(=O)c2ccc(C)cc2)[C@@H](OC(=O)c2ccc(C)cc2)[C@@H]1F.Cc1ccc(C(=O)OC[C@H]2S[C@H](C)[C@@H](F)[C@@H]2OC(=O)c2ccc(C)cc2)cc1. The molecule has 2 heterocycles. The number of carbonyl (C=O) groups excluding carboxylic acids is 5. The van der Waals surface area contributed by atoms with Gasteiger partial charge >= 0.3 is 29.8 Å². The molecule has 2 aliphatic rings. The van der Waals surface area contributed by atoms with Crippen molar-refractivity contribution in [3.05, 3.63) is 142 Å². The third-order valence-corrected chi connectivity index (χ3v) is 12.3. The summed E-state index contributed by atoms with van der Waals surface area (Å²) in [5.74, 6) is -2.97. The molecule has 59 heavy (non-hydrogen) atoms. The van der Waals surface area contributed by atoms with Crippen molar-refractivity contribution >= 4 is 53.4 Å². The molecule has 6 rings (SSSR count). The van der Waals surface area contributed by atoms with E-state index in [9.17, 15) is 32.8 Å². The molecule has 0 radical (unpaired) electrons. The van der Waals surface area contributed by atoms with Crippen LogP contribution in [-0.4, -0.2) is 88.8 Å². The Labute approximate surface area is 350 Å². The molecule has 2 aliphatic heterocycles. The van der Waals surface area contributed by atoms with E-state index in [1.165, 1.54) is 18.7 Å². The second-order valence-electron chi connectivity index (χ2n) is 14.3. The van der Waals surface area contributed by atoms with E-state index in [-0.39, 0.29) is 24.0 Å². The van der Waals surface area contributed by atoms with Crippen molar-refractivity contribution in [1.82, 2.24) is 0 Å². The summed E-state index contributed by atoms with van der Waals surface area (Å²) in [7, 11) is 0. The van der Waals surface area contributed by atoms with E-state index in [0.717, 1.165) is 34.0 Å².